The molecule has 0 aliphatic rings. The highest BCUT2D eigenvalue weighted by atomic mass is 79.9. The van der Waals surface area contributed by atoms with Crippen molar-refractivity contribution in [1.82, 2.24) is 5.48 Å². The quantitative estimate of drug-likeness (QED) is 0.728. The normalized spacial score (nSPS) is 13.5. The van der Waals surface area contributed by atoms with Gasteiger partial charge in [-0.05, 0) is 35.0 Å². The standard InChI is InChI=1S/C6H8BrNO2/c1-4(8-9)5-2-3-6(7)10-5/h2-4,8-9H,1H3. The van der Waals surface area contributed by atoms with Crippen LogP contribution in [-0.4, -0.2) is 5.21 Å². The van der Waals surface area contributed by atoms with Crippen molar-refractivity contribution in [3.8, 4) is 0 Å². The van der Waals surface area contributed by atoms with E-state index < -0.39 is 0 Å². The predicted molar refractivity (Wildman–Crippen MR) is 39.7 cm³/mol. The zero-order valence-corrected chi connectivity index (χ0v) is 7.05. The van der Waals surface area contributed by atoms with Crippen molar-refractivity contribution in [3.05, 3.63) is 22.6 Å². The molecule has 0 radical (unpaired) electrons. The molecule has 4 heteroatoms. The first-order valence-electron chi connectivity index (χ1n) is 2.89. The van der Waals surface area contributed by atoms with E-state index in [4.69, 9.17) is 9.62 Å². The Morgan fingerprint density at radius 1 is 1.70 bits per heavy atom. The van der Waals surface area contributed by atoms with Gasteiger partial charge < -0.3 is 9.62 Å². The van der Waals surface area contributed by atoms with Crippen LogP contribution in [0.15, 0.2) is 21.2 Å². The third-order valence-electron chi connectivity index (χ3n) is 1.21. The molecule has 1 heterocycles. The number of furan rings is 1. The highest BCUT2D eigenvalue weighted by molar-refractivity contribution is 9.10. The van der Waals surface area contributed by atoms with Gasteiger partial charge in [-0.25, -0.2) is 0 Å². The van der Waals surface area contributed by atoms with Gasteiger partial charge in [0.05, 0.1) is 6.04 Å². The largest absolute Gasteiger partial charge is 0.453 e. The van der Waals surface area contributed by atoms with E-state index >= 15 is 0 Å². The van der Waals surface area contributed by atoms with Gasteiger partial charge in [-0.15, -0.1) is 0 Å². The molecule has 1 aromatic rings. The lowest BCUT2D eigenvalue weighted by atomic mass is 10.3. The molecule has 56 valence electrons. The second kappa shape index (κ2) is 3.18. The van der Waals surface area contributed by atoms with Crippen molar-refractivity contribution in [2.75, 3.05) is 0 Å². The second-order valence-electron chi connectivity index (χ2n) is 1.99. The first-order chi connectivity index (χ1) is 4.74. The molecule has 1 unspecified atom stereocenters. The van der Waals surface area contributed by atoms with E-state index in [0.29, 0.717) is 10.4 Å². The summed E-state index contributed by atoms with van der Waals surface area (Å²) in [4.78, 5) is 0. The fourth-order valence-electron chi connectivity index (χ4n) is 0.625. The lowest BCUT2D eigenvalue weighted by Gasteiger charge is -2.02. The summed E-state index contributed by atoms with van der Waals surface area (Å²) in [6, 6.07) is 3.41. The fraction of sp³-hybridized carbons (Fsp3) is 0.333. The minimum Gasteiger partial charge on any atom is -0.453 e. The summed E-state index contributed by atoms with van der Waals surface area (Å²) in [6.07, 6.45) is 0. The molecule has 10 heavy (non-hydrogen) atoms. The molecule has 0 saturated carbocycles. The molecule has 0 spiro atoms. The summed E-state index contributed by atoms with van der Waals surface area (Å²) in [5.74, 6) is 0.703. The third kappa shape index (κ3) is 1.59. The minimum absolute atomic E-state index is 0.161. The molecule has 1 rings (SSSR count). The topological polar surface area (TPSA) is 45.4 Å². The minimum atomic E-state index is -0.161. The van der Waals surface area contributed by atoms with Crippen LogP contribution in [0.25, 0.3) is 0 Å². The molecular weight excluding hydrogens is 198 g/mol. The Hall–Kier alpha value is -0.320. The Morgan fingerprint density at radius 2 is 2.40 bits per heavy atom. The Bertz CT molecular complexity index is 211. The Balaban J connectivity index is 2.74. The van der Waals surface area contributed by atoms with Gasteiger partial charge in [0.2, 0.25) is 0 Å². The molecule has 1 atom stereocenters. The van der Waals surface area contributed by atoms with E-state index in [0.717, 1.165) is 0 Å². The van der Waals surface area contributed by atoms with Gasteiger partial charge in [0.1, 0.15) is 5.76 Å². The average Bonchev–Trinajstić information content (AvgIpc) is 2.34. The number of hydrogen-bond acceptors (Lipinski definition) is 3. The average molecular weight is 206 g/mol. The molecule has 0 aliphatic carbocycles. The zero-order valence-electron chi connectivity index (χ0n) is 5.47. The van der Waals surface area contributed by atoms with Crippen LogP contribution in [0.1, 0.15) is 18.7 Å². The van der Waals surface area contributed by atoms with Crippen molar-refractivity contribution in [2.24, 2.45) is 0 Å². The SMILES string of the molecule is CC(NO)c1ccc(Br)o1. The van der Waals surface area contributed by atoms with E-state index in [1.54, 1.807) is 19.1 Å². The van der Waals surface area contributed by atoms with Gasteiger partial charge in [-0.1, -0.05) is 0 Å². The molecule has 0 aliphatic heterocycles. The van der Waals surface area contributed by atoms with Crippen LogP contribution in [0.4, 0.5) is 0 Å². The number of nitrogens with one attached hydrogen (secondary N) is 1. The van der Waals surface area contributed by atoms with Crippen molar-refractivity contribution in [1.29, 1.82) is 0 Å². The van der Waals surface area contributed by atoms with Gasteiger partial charge in [0.15, 0.2) is 4.67 Å². The molecular formula is C6H8BrNO2. The van der Waals surface area contributed by atoms with Crippen molar-refractivity contribution >= 4 is 15.9 Å². The second-order valence-corrected chi connectivity index (χ2v) is 2.77. The summed E-state index contributed by atoms with van der Waals surface area (Å²) in [6.45, 7) is 1.80. The van der Waals surface area contributed by atoms with Crippen LogP contribution in [-0.2, 0) is 0 Å². The Kier molecular flexibility index (Phi) is 2.48. The molecule has 0 bridgehead atoms. The van der Waals surface area contributed by atoms with Gasteiger partial charge in [0.25, 0.3) is 0 Å². The van der Waals surface area contributed by atoms with Crippen LogP contribution in [0, 0.1) is 0 Å². The van der Waals surface area contributed by atoms with Crippen molar-refractivity contribution in [3.63, 3.8) is 0 Å². The fourth-order valence-corrected chi connectivity index (χ4v) is 0.944. The Labute approximate surface area is 67.1 Å². The molecule has 0 saturated heterocycles. The lowest BCUT2D eigenvalue weighted by molar-refractivity contribution is 0.123. The maximum Gasteiger partial charge on any atom is 0.169 e. The van der Waals surface area contributed by atoms with E-state index in [1.807, 2.05) is 0 Å². The molecule has 1 aromatic heterocycles. The number of hydrogen-bond donors (Lipinski definition) is 2. The van der Waals surface area contributed by atoms with Crippen LogP contribution in [0.3, 0.4) is 0 Å². The predicted octanol–water partition coefficient (Wildman–Crippen LogP) is 2.08. The van der Waals surface area contributed by atoms with Gasteiger partial charge in [-0.3, -0.25) is 0 Å². The van der Waals surface area contributed by atoms with Gasteiger partial charge >= 0.3 is 0 Å². The van der Waals surface area contributed by atoms with E-state index in [2.05, 4.69) is 21.4 Å². The van der Waals surface area contributed by atoms with Gasteiger partial charge in [0, 0.05) is 0 Å². The monoisotopic (exact) mass is 205 g/mol. The molecule has 0 aromatic carbocycles. The van der Waals surface area contributed by atoms with Crippen LogP contribution >= 0.6 is 15.9 Å². The zero-order chi connectivity index (χ0) is 7.56. The smallest absolute Gasteiger partial charge is 0.169 e. The molecule has 0 amide bonds. The summed E-state index contributed by atoms with van der Waals surface area (Å²) >= 11 is 3.15. The van der Waals surface area contributed by atoms with E-state index in [-0.39, 0.29) is 6.04 Å². The van der Waals surface area contributed by atoms with E-state index in [1.165, 1.54) is 0 Å². The summed E-state index contributed by atoms with van der Waals surface area (Å²) < 4.78 is 5.80. The third-order valence-corrected chi connectivity index (χ3v) is 1.64. The summed E-state index contributed by atoms with van der Waals surface area (Å²) in [5, 5.41) is 8.47. The number of hydroxylamine groups is 1. The van der Waals surface area contributed by atoms with Crippen molar-refractivity contribution < 1.29 is 9.62 Å². The Morgan fingerprint density at radius 3 is 2.80 bits per heavy atom. The highest BCUT2D eigenvalue weighted by Crippen LogP contribution is 2.19. The molecule has 0 fully saturated rings. The molecule has 2 N–H and O–H groups in total. The first-order valence-corrected chi connectivity index (χ1v) is 3.68. The van der Waals surface area contributed by atoms with Crippen LogP contribution in [0.5, 0.6) is 0 Å². The molecule has 3 nitrogen and oxygen atoms in total. The number of halogens is 1. The maximum absolute atomic E-state index is 8.47. The van der Waals surface area contributed by atoms with Crippen LogP contribution in [0.2, 0.25) is 0 Å². The lowest BCUT2D eigenvalue weighted by Crippen LogP contribution is -2.11. The van der Waals surface area contributed by atoms with Gasteiger partial charge in [-0.2, -0.15) is 5.48 Å². The van der Waals surface area contributed by atoms with E-state index in [9.17, 15) is 0 Å². The first kappa shape index (κ1) is 7.78. The van der Waals surface area contributed by atoms with Crippen LogP contribution < -0.4 is 5.48 Å². The van der Waals surface area contributed by atoms with Crippen molar-refractivity contribution in [2.45, 2.75) is 13.0 Å². The highest BCUT2D eigenvalue weighted by Gasteiger charge is 2.06. The summed E-state index contributed by atoms with van der Waals surface area (Å²) in [5.41, 5.74) is 2.08. The maximum atomic E-state index is 8.47. The summed E-state index contributed by atoms with van der Waals surface area (Å²) in [7, 11) is 0. The number of rotatable bonds is 2.